The van der Waals surface area contributed by atoms with Crippen LogP contribution in [0.1, 0.15) is 62.3 Å². The molecular weight excluding hydrogens is 368 g/mol. The van der Waals surface area contributed by atoms with Crippen LogP contribution >= 0.6 is 0 Å². The average molecular weight is 401 g/mol. The lowest BCUT2D eigenvalue weighted by atomic mass is 9.90. The first-order valence-corrected chi connectivity index (χ1v) is 11.1. The van der Waals surface area contributed by atoms with E-state index in [4.69, 9.17) is 0 Å². The SMILES string of the molecule is C=c1cc2n(C(CCC)CCC)c(=O)c3ccc(-c4c(C)cc(C)cc4C)c([nH]1)c3-2. The molecule has 1 N–H and O–H groups in total. The topological polar surface area (TPSA) is 37.8 Å². The zero-order chi connectivity index (χ0) is 21.6. The summed E-state index contributed by atoms with van der Waals surface area (Å²) < 4.78 is 2.05. The number of nitrogens with one attached hydrogen (secondary N) is 1. The van der Waals surface area contributed by atoms with Crippen LogP contribution in [0.2, 0.25) is 0 Å². The summed E-state index contributed by atoms with van der Waals surface area (Å²) in [7, 11) is 0. The van der Waals surface area contributed by atoms with Gasteiger partial charge in [0.1, 0.15) is 0 Å². The average Bonchev–Trinajstić information content (AvgIpc) is 2.95. The van der Waals surface area contributed by atoms with Crippen LogP contribution in [0.15, 0.2) is 35.1 Å². The largest absolute Gasteiger partial charge is 0.355 e. The van der Waals surface area contributed by atoms with E-state index in [1.165, 1.54) is 22.3 Å². The molecule has 2 aliphatic heterocycles. The fourth-order valence-corrected chi connectivity index (χ4v) is 5.28. The van der Waals surface area contributed by atoms with Crippen LogP contribution in [0.3, 0.4) is 0 Å². The molecule has 2 heterocycles. The van der Waals surface area contributed by atoms with Gasteiger partial charge in [-0.1, -0.05) is 57.0 Å². The van der Waals surface area contributed by atoms with Gasteiger partial charge in [-0.3, -0.25) is 4.79 Å². The Hall–Kier alpha value is -2.81. The molecule has 4 rings (SSSR count). The van der Waals surface area contributed by atoms with Crippen LogP contribution in [0.4, 0.5) is 0 Å². The van der Waals surface area contributed by atoms with Crippen LogP contribution < -0.4 is 10.9 Å². The summed E-state index contributed by atoms with van der Waals surface area (Å²) in [6.45, 7) is 15.1. The van der Waals surface area contributed by atoms with E-state index in [1.807, 2.05) is 16.7 Å². The molecule has 0 amide bonds. The molecule has 2 aromatic rings. The minimum absolute atomic E-state index is 0.129. The van der Waals surface area contributed by atoms with Gasteiger partial charge in [0.2, 0.25) is 0 Å². The quantitative estimate of drug-likeness (QED) is 0.405. The molecule has 0 aliphatic carbocycles. The smallest absolute Gasteiger partial charge is 0.259 e. The lowest BCUT2D eigenvalue weighted by molar-refractivity contribution is 0.424. The number of pyridine rings is 1. The van der Waals surface area contributed by atoms with Crippen molar-refractivity contribution in [1.82, 2.24) is 9.55 Å². The minimum atomic E-state index is 0.129. The predicted molar refractivity (Wildman–Crippen MR) is 128 cm³/mol. The van der Waals surface area contributed by atoms with Crippen molar-refractivity contribution in [3.05, 3.63) is 62.7 Å². The fraction of sp³-hybridized carbons (Fsp3) is 0.370. The maximum atomic E-state index is 13.5. The second-order valence-electron chi connectivity index (χ2n) is 8.77. The third-order valence-corrected chi connectivity index (χ3v) is 6.32. The molecule has 0 radical (unpaired) electrons. The van der Waals surface area contributed by atoms with Crippen LogP contribution in [-0.4, -0.2) is 9.55 Å². The van der Waals surface area contributed by atoms with Gasteiger partial charge in [0, 0.05) is 22.5 Å². The lowest BCUT2D eigenvalue weighted by Gasteiger charge is -2.20. The normalized spacial score (nSPS) is 11.9. The van der Waals surface area contributed by atoms with E-state index >= 15 is 0 Å². The third kappa shape index (κ3) is 3.17. The Labute approximate surface area is 178 Å². The van der Waals surface area contributed by atoms with Crippen molar-refractivity contribution in [3.63, 3.8) is 0 Å². The van der Waals surface area contributed by atoms with Gasteiger partial charge in [0.25, 0.3) is 5.56 Å². The Bertz CT molecular complexity index is 1260. The first-order chi connectivity index (χ1) is 14.4. The van der Waals surface area contributed by atoms with Gasteiger partial charge in [-0.2, -0.15) is 0 Å². The van der Waals surface area contributed by atoms with Crippen molar-refractivity contribution in [2.75, 3.05) is 0 Å². The maximum absolute atomic E-state index is 13.5. The Morgan fingerprint density at radius 2 is 1.60 bits per heavy atom. The molecule has 0 atom stereocenters. The highest BCUT2D eigenvalue weighted by Crippen LogP contribution is 2.40. The number of benzene rings is 2. The highest BCUT2D eigenvalue weighted by molar-refractivity contribution is 6.03. The number of aryl methyl sites for hydroxylation is 3. The van der Waals surface area contributed by atoms with Crippen LogP contribution in [0.25, 0.3) is 39.9 Å². The summed E-state index contributed by atoms with van der Waals surface area (Å²) in [5.74, 6) is 0. The Morgan fingerprint density at radius 1 is 0.967 bits per heavy atom. The zero-order valence-electron chi connectivity index (χ0n) is 18.9. The van der Waals surface area contributed by atoms with Gasteiger partial charge in [0.05, 0.1) is 16.6 Å². The molecule has 0 bridgehead atoms. The molecule has 0 unspecified atom stereocenters. The van der Waals surface area contributed by atoms with Crippen LogP contribution in [-0.2, 0) is 0 Å². The molecule has 2 aromatic carbocycles. The van der Waals surface area contributed by atoms with Gasteiger partial charge in [0.15, 0.2) is 0 Å². The van der Waals surface area contributed by atoms with Crippen LogP contribution in [0.5, 0.6) is 0 Å². The van der Waals surface area contributed by atoms with Gasteiger partial charge in [-0.05, 0) is 62.4 Å². The van der Waals surface area contributed by atoms with E-state index in [1.54, 1.807) is 0 Å². The van der Waals surface area contributed by atoms with E-state index < -0.39 is 0 Å². The number of rotatable bonds is 6. The number of aromatic amines is 1. The van der Waals surface area contributed by atoms with Crippen molar-refractivity contribution < 1.29 is 0 Å². The Kier molecular flexibility index (Phi) is 5.31. The molecule has 0 fully saturated rings. The van der Waals surface area contributed by atoms with Gasteiger partial charge < -0.3 is 9.55 Å². The van der Waals surface area contributed by atoms with E-state index in [0.29, 0.717) is 0 Å². The van der Waals surface area contributed by atoms with Crippen LogP contribution in [0, 0.1) is 20.8 Å². The molecule has 30 heavy (non-hydrogen) atoms. The summed E-state index contributed by atoms with van der Waals surface area (Å²) in [5, 5.41) is 1.64. The Balaban J connectivity index is 2.06. The van der Waals surface area contributed by atoms with Gasteiger partial charge >= 0.3 is 0 Å². The molecule has 0 saturated heterocycles. The number of nitrogens with zero attached hydrogens (tertiary/aromatic N) is 1. The summed E-state index contributed by atoms with van der Waals surface area (Å²) in [4.78, 5) is 17.0. The highest BCUT2D eigenvalue weighted by Gasteiger charge is 2.26. The van der Waals surface area contributed by atoms with Gasteiger partial charge in [-0.15, -0.1) is 0 Å². The maximum Gasteiger partial charge on any atom is 0.259 e. The summed E-state index contributed by atoms with van der Waals surface area (Å²) in [5.41, 5.74) is 9.37. The molecule has 3 heteroatoms. The minimum Gasteiger partial charge on any atom is -0.355 e. The van der Waals surface area contributed by atoms with E-state index in [0.717, 1.165) is 58.8 Å². The summed E-state index contributed by atoms with van der Waals surface area (Å²) in [6.07, 6.45) is 4.17. The standard InChI is InChI=1S/C27H32N2O/c1-7-9-20(10-8-2)29-23-15-19(6)28-26-21(11-12-22(25(23)26)27(29)30)24-17(4)13-16(3)14-18(24)5/h11-15,20,28H,6-10H2,1-5H3. The van der Waals surface area contributed by atoms with Crippen molar-refractivity contribution in [1.29, 1.82) is 0 Å². The van der Waals surface area contributed by atoms with E-state index in [9.17, 15) is 4.79 Å². The second-order valence-corrected chi connectivity index (χ2v) is 8.77. The van der Waals surface area contributed by atoms with Crippen molar-refractivity contribution in [2.24, 2.45) is 0 Å². The van der Waals surface area contributed by atoms with Crippen molar-refractivity contribution in [3.8, 4) is 22.4 Å². The molecule has 156 valence electrons. The first kappa shape index (κ1) is 20.5. The summed E-state index contributed by atoms with van der Waals surface area (Å²) >= 11 is 0. The molecule has 2 aliphatic rings. The molecule has 0 spiro atoms. The number of H-pyrrole nitrogens is 1. The number of hydrogen-bond acceptors (Lipinski definition) is 1. The fourth-order valence-electron chi connectivity index (χ4n) is 5.28. The zero-order valence-corrected chi connectivity index (χ0v) is 18.9. The van der Waals surface area contributed by atoms with Crippen molar-refractivity contribution >= 4 is 17.5 Å². The van der Waals surface area contributed by atoms with Gasteiger partial charge in [-0.25, -0.2) is 0 Å². The third-order valence-electron chi connectivity index (χ3n) is 6.32. The lowest BCUT2D eigenvalue weighted by Crippen LogP contribution is -2.22. The number of hydrogen-bond donors (Lipinski definition) is 1. The summed E-state index contributed by atoms with van der Waals surface area (Å²) in [6, 6.07) is 10.9. The number of aromatic nitrogens is 2. The van der Waals surface area contributed by atoms with E-state index in [2.05, 4.69) is 64.4 Å². The predicted octanol–water partition coefficient (Wildman–Crippen LogP) is 6.30. The molecular formula is C27H32N2O. The Morgan fingerprint density at radius 3 is 2.20 bits per heavy atom. The first-order valence-electron chi connectivity index (χ1n) is 11.1. The van der Waals surface area contributed by atoms with E-state index in [-0.39, 0.29) is 11.6 Å². The molecule has 0 saturated carbocycles. The monoisotopic (exact) mass is 400 g/mol. The second kappa shape index (κ2) is 7.79. The highest BCUT2D eigenvalue weighted by atomic mass is 16.1. The molecule has 3 nitrogen and oxygen atoms in total. The molecule has 0 aromatic heterocycles. The van der Waals surface area contributed by atoms with Crippen molar-refractivity contribution in [2.45, 2.75) is 66.3 Å².